The first-order valence-corrected chi connectivity index (χ1v) is 6.73. The van der Waals surface area contributed by atoms with Crippen molar-refractivity contribution in [3.05, 3.63) is 60.2 Å². The lowest BCUT2D eigenvalue weighted by atomic mass is 10.0. The quantitative estimate of drug-likeness (QED) is 0.686. The standard InChI is InChI=1S/C16H15N3O2/c20-15-12-4-2-1-3-11(12)5-6-13(15)16(21)19-8-7-14-17-9-10-18-14/h1-6,9-10,20H,7-8H2,(H,17,18)(H,19,21). The molecule has 0 aliphatic rings. The summed E-state index contributed by atoms with van der Waals surface area (Å²) in [6, 6.07) is 10.9. The SMILES string of the molecule is O=C(NCCc1ncc[nH]1)c1ccc2ccccc2c1O. The first-order valence-electron chi connectivity index (χ1n) is 6.73. The number of aromatic hydroxyl groups is 1. The van der Waals surface area contributed by atoms with Gasteiger partial charge >= 0.3 is 0 Å². The summed E-state index contributed by atoms with van der Waals surface area (Å²) in [4.78, 5) is 19.2. The van der Waals surface area contributed by atoms with Gasteiger partial charge in [0.25, 0.3) is 5.91 Å². The Morgan fingerprint density at radius 2 is 2.10 bits per heavy atom. The Morgan fingerprint density at radius 1 is 1.24 bits per heavy atom. The van der Waals surface area contributed by atoms with E-state index in [4.69, 9.17) is 0 Å². The third-order valence-corrected chi connectivity index (χ3v) is 3.35. The predicted molar refractivity (Wildman–Crippen MR) is 80.2 cm³/mol. The molecule has 0 fully saturated rings. The molecule has 0 saturated carbocycles. The Bertz CT molecular complexity index is 766. The molecule has 3 rings (SSSR count). The van der Waals surface area contributed by atoms with Gasteiger partial charge in [0.05, 0.1) is 5.56 Å². The highest BCUT2D eigenvalue weighted by molar-refractivity contribution is 6.03. The average Bonchev–Trinajstić information content (AvgIpc) is 3.01. The van der Waals surface area contributed by atoms with Crippen molar-refractivity contribution >= 4 is 16.7 Å². The third kappa shape index (κ3) is 2.72. The Hall–Kier alpha value is -2.82. The number of imidazole rings is 1. The number of carbonyl (C=O) groups is 1. The molecule has 21 heavy (non-hydrogen) atoms. The van der Waals surface area contributed by atoms with E-state index in [2.05, 4.69) is 15.3 Å². The molecule has 2 aromatic carbocycles. The second-order valence-corrected chi connectivity index (χ2v) is 4.72. The first-order chi connectivity index (χ1) is 10.3. The Balaban J connectivity index is 1.74. The topological polar surface area (TPSA) is 78.0 Å². The third-order valence-electron chi connectivity index (χ3n) is 3.35. The minimum absolute atomic E-state index is 0.0172. The molecule has 0 bridgehead atoms. The van der Waals surface area contributed by atoms with Crippen LogP contribution in [-0.2, 0) is 6.42 Å². The van der Waals surface area contributed by atoms with E-state index in [-0.39, 0.29) is 17.2 Å². The average molecular weight is 281 g/mol. The number of hydrogen-bond acceptors (Lipinski definition) is 3. The Kier molecular flexibility index (Phi) is 3.55. The second-order valence-electron chi connectivity index (χ2n) is 4.72. The fraction of sp³-hybridized carbons (Fsp3) is 0.125. The zero-order valence-electron chi connectivity index (χ0n) is 11.3. The summed E-state index contributed by atoms with van der Waals surface area (Å²) in [6.07, 6.45) is 4.03. The number of benzene rings is 2. The summed E-state index contributed by atoms with van der Waals surface area (Å²) in [5.41, 5.74) is 0.285. The minimum atomic E-state index is -0.287. The smallest absolute Gasteiger partial charge is 0.255 e. The van der Waals surface area contributed by atoms with Crippen molar-refractivity contribution in [3.63, 3.8) is 0 Å². The number of aromatic amines is 1. The van der Waals surface area contributed by atoms with Crippen LogP contribution in [0.15, 0.2) is 48.8 Å². The lowest BCUT2D eigenvalue weighted by molar-refractivity contribution is 0.0951. The number of nitrogens with one attached hydrogen (secondary N) is 2. The largest absolute Gasteiger partial charge is 0.506 e. The van der Waals surface area contributed by atoms with Gasteiger partial charge in [-0.05, 0) is 11.5 Å². The number of aromatic nitrogens is 2. The van der Waals surface area contributed by atoms with Crippen LogP contribution in [0.1, 0.15) is 16.2 Å². The van der Waals surface area contributed by atoms with Crippen molar-refractivity contribution in [2.75, 3.05) is 6.54 Å². The van der Waals surface area contributed by atoms with Gasteiger partial charge < -0.3 is 15.4 Å². The van der Waals surface area contributed by atoms with Crippen LogP contribution in [0.4, 0.5) is 0 Å². The molecule has 3 N–H and O–H groups in total. The van der Waals surface area contributed by atoms with Crippen LogP contribution in [0.25, 0.3) is 10.8 Å². The summed E-state index contributed by atoms with van der Waals surface area (Å²) >= 11 is 0. The van der Waals surface area contributed by atoms with Gasteiger partial charge in [0.2, 0.25) is 0 Å². The highest BCUT2D eigenvalue weighted by atomic mass is 16.3. The molecule has 1 heterocycles. The van der Waals surface area contributed by atoms with Crippen LogP contribution in [0.3, 0.4) is 0 Å². The molecule has 0 spiro atoms. The van der Waals surface area contributed by atoms with Crippen LogP contribution in [0, 0.1) is 0 Å². The monoisotopic (exact) mass is 281 g/mol. The number of rotatable bonds is 4. The maximum absolute atomic E-state index is 12.1. The minimum Gasteiger partial charge on any atom is -0.506 e. The molecule has 1 aromatic heterocycles. The molecule has 5 nitrogen and oxygen atoms in total. The van der Waals surface area contributed by atoms with Gasteiger partial charge in [0, 0.05) is 30.7 Å². The summed E-state index contributed by atoms with van der Waals surface area (Å²) in [5, 5.41) is 14.6. The van der Waals surface area contributed by atoms with E-state index in [9.17, 15) is 9.90 Å². The summed E-state index contributed by atoms with van der Waals surface area (Å²) in [7, 11) is 0. The van der Waals surface area contributed by atoms with Crippen molar-refractivity contribution in [2.24, 2.45) is 0 Å². The number of fused-ring (bicyclic) bond motifs is 1. The molecular formula is C16H15N3O2. The zero-order chi connectivity index (χ0) is 14.7. The van der Waals surface area contributed by atoms with Crippen molar-refractivity contribution in [1.29, 1.82) is 0 Å². The second kappa shape index (κ2) is 5.66. The fourth-order valence-electron chi connectivity index (χ4n) is 2.26. The molecule has 0 aliphatic heterocycles. The number of carbonyl (C=O) groups excluding carboxylic acids is 1. The maximum atomic E-state index is 12.1. The van der Waals surface area contributed by atoms with Crippen LogP contribution in [0.2, 0.25) is 0 Å². The van der Waals surface area contributed by atoms with Gasteiger partial charge in [-0.1, -0.05) is 30.3 Å². The number of nitrogens with zero attached hydrogens (tertiary/aromatic N) is 1. The van der Waals surface area contributed by atoms with Gasteiger partial charge in [-0.3, -0.25) is 4.79 Å². The summed E-state index contributed by atoms with van der Waals surface area (Å²) in [6.45, 7) is 0.457. The lowest BCUT2D eigenvalue weighted by Gasteiger charge is -2.08. The Morgan fingerprint density at radius 3 is 2.90 bits per heavy atom. The zero-order valence-corrected chi connectivity index (χ0v) is 11.3. The maximum Gasteiger partial charge on any atom is 0.255 e. The number of H-pyrrole nitrogens is 1. The summed E-state index contributed by atoms with van der Waals surface area (Å²) < 4.78 is 0. The highest BCUT2D eigenvalue weighted by Crippen LogP contribution is 2.28. The number of phenols is 1. The molecule has 0 radical (unpaired) electrons. The number of phenolic OH excluding ortho intramolecular Hbond substituents is 1. The van der Waals surface area contributed by atoms with Crippen LogP contribution >= 0.6 is 0 Å². The van der Waals surface area contributed by atoms with Gasteiger partial charge in [-0.15, -0.1) is 0 Å². The Labute approximate surface area is 121 Å². The van der Waals surface area contributed by atoms with Crippen LogP contribution in [-0.4, -0.2) is 27.5 Å². The first kappa shape index (κ1) is 13.2. The van der Waals surface area contributed by atoms with Crippen molar-refractivity contribution in [2.45, 2.75) is 6.42 Å². The molecule has 106 valence electrons. The molecule has 0 atom stereocenters. The van der Waals surface area contributed by atoms with Crippen molar-refractivity contribution in [3.8, 4) is 5.75 Å². The number of hydrogen-bond donors (Lipinski definition) is 3. The van der Waals surface area contributed by atoms with E-state index in [1.165, 1.54) is 0 Å². The van der Waals surface area contributed by atoms with Gasteiger partial charge in [0.15, 0.2) is 0 Å². The molecular weight excluding hydrogens is 266 g/mol. The van der Waals surface area contributed by atoms with E-state index in [0.717, 1.165) is 11.2 Å². The van der Waals surface area contributed by atoms with Crippen molar-refractivity contribution < 1.29 is 9.90 Å². The van der Waals surface area contributed by atoms with E-state index < -0.39 is 0 Å². The highest BCUT2D eigenvalue weighted by Gasteiger charge is 2.13. The van der Waals surface area contributed by atoms with Crippen molar-refractivity contribution in [1.82, 2.24) is 15.3 Å². The van der Waals surface area contributed by atoms with Crippen LogP contribution < -0.4 is 5.32 Å². The molecule has 0 aliphatic carbocycles. The van der Waals surface area contributed by atoms with Crippen LogP contribution in [0.5, 0.6) is 5.75 Å². The fourth-order valence-corrected chi connectivity index (χ4v) is 2.26. The lowest BCUT2D eigenvalue weighted by Crippen LogP contribution is -2.26. The molecule has 3 aromatic rings. The van der Waals surface area contributed by atoms with Gasteiger partial charge in [0.1, 0.15) is 11.6 Å². The summed E-state index contributed by atoms with van der Waals surface area (Å²) in [5.74, 6) is 0.548. The van der Waals surface area contributed by atoms with E-state index in [0.29, 0.717) is 18.4 Å². The molecule has 0 unspecified atom stereocenters. The van der Waals surface area contributed by atoms with E-state index in [1.54, 1.807) is 24.5 Å². The normalized spacial score (nSPS) is 10.7. The molecule has 1 amide bonds. The number of amides is 1. The van der Waals surface area contributed by atoms with Gasteiger partial charge in [-0.25, -0.2) is 4.98 Å². The van der Waals surface area contributed by atoms with E-state index >= 15 is 0 Å². The molecule has 0 saturated heterocycles. The predicted octanol–water partition coefficient (Wildman–Crippen LogP) is 2.24. The molecule has 5 heteroatoms. The van der Waals surface area contributed by atoms with E-state index in [1.807, 2.05) is 24.3 Å². The van der Waals surface area contributed by atoms with Gasteiger partial charge in [-0.2, -0.15) is 0 Å².